The molecule has 1 atom stereocenters. The lowest BCUT2D eigenvalue weighted by molar-refractivity contribution is 0.0927. The number of aryl methyl sites for hydroxylation is 1. The first-order valence-corrected chi connectivity index (χ1v) is 7.63. The average molecular weight is 328 g/mol. The van der Waals surface area contributed by atoms with E-state index in [9.17, 15) is 5.11 Å². The summed E-state index contributed by atoms with van der Waals surface area (Å²) in [6.07, 6.45) is 4.46. The largest absolute Gasteiger partial charge is 0.497 e. The van der Waals surface area contributed by atoms with Crippen molar-refractivity contribution in [3.8, 4) is 23.0 Å². The predicted octanol–water partition coefficient (Wildman–Crippen LogP) is 2.03. The standard InChI is InChI=1S/C17H20N4O3/c1-12-16(20-11-19-12)17-18-6-7-21(17)9-13(22)10-24-15-5-3-4-14(8-15)23-2/h3-8,11,13,22H,9-10H2,1-2H3,(H,19,20)/t13-/m1/s1. The minimum absolute atomic E-state index is 0.171. The average Bonchev–Trinajstić information content (AvgIpc) is 3.21. The fourth-order valence-electron chi connectivity index (χ4n) is 2.42. The molecule has 2 aromatic heterocycles. The molecule has 3 rings (SSSR count). The number of nitrogens with zero attached hydrogens (tertiary/aromatic N) is 3. The number of nitrogens with one attached hydrogen (secondary N) is 1. The van der Waals surface area contributed by atoms with E-state index >= 15 is 0 Å². The van der Waals surface area contributed by atoms with Crippen LogP contribution < -0.4 is 9.47 Å². The number of aromatic nitrogens is 4. The molecule has 0 aliphatic heterocycles. The summed E-state index contributed by atoms with van der Waals surface area (Å²) in [5, 5.41) is 10.3. The molecule has 0 unspecified atom stereocenters. The summed E-state index contributed by atoms with van der Waals surface area (Å²) in [5.74, 6) is 2.09. The number of benzene rings is 1. The van der Waals surface area contributed by atoms with Crippen LogP contribution in [0.5, 0.6) is 11.5 Å². The molecule has 0 spiro atoms. The van der Waals surface area contributed by atoms with Crippen LogP contribution in [0.25, 0.3) is 11.5 Å². The number of imidazole rings is 2. The fourth-order valence-corrected chi connectivity index (χ4v) is 2.42. The van der Waals surface area contributed by atoms with Gasteiger partial charge in [-0.05, 0) is 19.1 Å². The van der Waals surface area contributed by atoms with E-state index in [0.717, 1.165) is 11.4 Å². The maximum absolute atomic E-state index is 10.3. The van der Waals surface area contributed by atoms with E-state index in [-0.39, 0.29) is 6.61 Å². The van der Waals surface area contributed by atoms with Crippen molar-refractivity contribution in [2.45, 2.75) is 19.6 Å². The minimum atomic E-state index is -0.677. The normalized spacial score (nSPS) is 12.1. The van der Waals surface area contributed by atoms with Gasteiger partial charge in [-0.1, -0.05) is 6.07 Å². The highest BCUT2D eigenvalue weighted by Crippen LogP contribution is 2.20. The quantitative estimate of drug-likeness (QED) is 0.693. The van der Waals surface area contributed by atoms with Gasteiger partial charge in [0, 0.05) is 24.2 Å². The molecule has 7 nitrogen and oxygen atoms in total. The summed E-state index contributed by atoms with van der Waals surface area (Å²) < 4.78 is 12.6. The Balaban J connectivity index is 1.62. The molecule has 0 fully saturated rings. The van der Waals surface area contributed by atoms with E-state index in [1.54, 1.807) is 25.7 Å². The van der Waals surface area contributed by atoms with Gasteiger partial charge in [0.15, 0.2) is 5.82 Å². The second-order valence-electron chi connectivity index (χ2n) is 5.42. The lowest BCUT2D eigenvalue weighted by Crippen LogP contribution is -2.23. The predicted molar refractivity (Wildman–Crippen MR) is 89.0 cm³/mol. The molecule has 0 aliphatic rings. The van der Waals surface area contributed by atoms with E-state index in [0.29, 0.717) is 23.9 Å². The smallest absolute Gasteiger partial charge is 0.160 e. The molecule has 0 amide bonds. The lowest BCUT2D eigenvalue weighted by Gasteiger charge is -2.15. The van der Waals surface area contributed by atoms with E-state index in [1.807, 2.05) is 35.9 Å². The number of aliphatic hydroxyl groups excluding tert-OH is 1. The second kappa shape index (κ2) is 7.18. The molecular formula is C17H20N4O3. The number of rotatable bonds is 7. The molecular weight excluding hydrogens is 308 g/mol. The molecule has 0 bridgehead atoms. The number of hydrogen-bond donors (Lipinski definition) is 2. The van der Waals surface area contributed by atoms with Crippen LogP contribution in [0.15, 0.2) is 43.0 Å². The van der Waals surface area contributed by atoms with Gasteiger partial charge in [-0.25, -0.2) is 9.97 Å². The Bertz CT molecular complexity index is 796. The zero-order chi connectivity index (χ0) is 16.9. The molecule has 2 heterocycles. The highest BCUT2D eigenvalue weighted by Gasteiger charge is 2.14. The van der Waals surface area contributed by atoms with Crippen LogP contribution in [-0.4, -0.2) is 44.4 Å². The van der Waals surface area contributed by atoms with Crippen LogP contribution >= 0.6 is 0 Å². The third-order valence-electron chi connectivity index (χ3n) is 3.65. The van der Waals surface area contributed by atoms with Crippen LogP contribution in [0.3, 0.4) is 0 Å². The summed E-state index contributed by atoms with van der Waals surface area (Å²) >= 11 is 0. The van der Waals surface area contributed by atoms with Crippen molar-refractivity contribution in [1.29, 1.82) is 0 Å². The summed E-state index contributed by atoms with van der Waals surface area (Å²) in [6.45, 7) is 2.47. The number of aromatic amines is 1. The molecule has 2 N–H and O–H groups in total. The Hall–Kier alpha value is -2.80. The van der Waals surface area contributed by atoms with E-state index in [2.05, 4.69) is 15.0 Å². The second-order valence-corrected chi connectivity index (χ2v) is 5.42. The van der Waals surface area contributed by atoms with Gasteiger partial charge in [0.1, 0.15) is 29.9 Å². The number of H-pyrrole nitrogens is 1. The highest BCUT2D eigenvalue weighted by molar-refractivity contribution is 5.52. The maximum Gasteiger partial charge on any atom is 0.160 e. The number of hydrogen-bond acceptors (Lipinski definition) is 5. The Kier molecular flexibility index (Phi) is 4.81. The molecule has 0 aliphatic carbocycles. The summed E-state index contributed by atoms with van der Waals surface area (Å²) in [4.78, 5) is 11.6. The van der Waals surface area contributed by atoms with Crippen molar-refractivity contribution in [2.24, 2.45) is 0 Å². The molecule has 3 aromatic rings. The van der Waals surface area contributed by atoms with E-state index < -0.39 is 6.10 Å². The van der Waals surface area contributed by atoms with Crippen molar-refractivity contribution >= 4 is 0 Å². The molecule has 126 valence electrons. The molecule has 0 saturated heterocycles. The zero-order valence-corrected chi connectivity index (χ0v) is 13.6. The molecule has 7 heteroatoms. The Labute approximate surface area is 139 Å². The Morgan fingerprint density at radius 2 is 2.12 bits per heavy atom. The zero-order valence-electron chi connectivity index (χ0n) is 13.6. The van der Waals surface area contributed by atoms with Crippen LogP contribution in [0.2, 0.25) is 0 Å². The first kappa shape index (κ1) is 16.1. The number of aliphatic hydroxyl groups is 1. The van der Waals surface area contributed by atoms with Crippen molar-refractivity contribution in [2.75, 3.05) is 13.7 Å². The molecule has 0 radical (unpaired) electrons. The van der Waals surface area contributed by atoms with Crippen LogP contribution in [0.4, 0.5) is 0 Å². The van der Waals surface area contributed by atoms with Gasteiger partial charge in [-0.2, -0.15) is 0 Å². The third kappa shape index (κ3) is 3.57. The van der Waals surface area contributed by atoms with Gasteiger partial charge in [0.25, 0.3) is 0 Å². The molecule has 24 heavy (non-hydrogen) atoms. The van der Waals surface area contributed by atoms with Crippen LogP contribution in [0.1, 0.15) is 5.69 Å². The first-order valence-electron chi connectivity index (χ1n) is 7.63. The number of ether oxygens (including phenoxy) is 2. The SMILES string of the molecule is COc1cccc(OC[C@H](O)Cn2ccnc2-c2nc[nH]c2C)c1. The lowest BCUT2D eigenvalue weighted by atomic mass is 10.3. The maximum atomic E-state index is 10.3. The van der Waals surface area contributed by atoms with E-state index in [4.69, 9.17) is 9.47 Å². The number of methoxy groups -OCH3 is 1. The first-order chi connectivity index (χ1) is 11.7. The summed E-state index contributed by atoms with van der Waals surface area (Å²) in [7, 11) is 1.60. The Morgan fingerprint density at radius 1 is 1.29 bits per heavy atom. The van der Waals surface area contributed by atoms with Gasteiger partial charge in [0.05, 0.1) is 20.0 Å². The molecule has 0 saturated carbocycles. The van der Waals surface area contributed by atoms with Gasteiger partial charge in [-0.3, -0.25) is 0 Å². The third-order valence-corrected chi connectivity index (χ3v) is 3.65. The monoisotopic (exact) mass is 328 g/mol. The van der Waals surface area contributed by atoms with Crippen molar-refractivity contribution in [1.82, 2.24) is 19.5 Å². The van der Waals surface area contributed by atoms with Gasteiger partial charge in [-0.15, -0.1) is 0 Å². The van der Waals surface area contributed by atoms with Crippen molar-refractivity contribution in [3.63, 3.8) is 0 Å². The summed E-state index contributed by atoms with van der Waals surface area (Å²) in [5.41, 5.74) is 1.71. The Morgan fingerprint density at radius 3 is 2.88 bits per heavy atom. The fraction of sp³-hybridized carbons (Fsp3) is 0.294. The van der Waals surface area contributed by atoms with Crippen LogP contribution in [0, 0.1) is 6.92 Å². The van der Waals surface area contributed by atoms with Crippen molar-refractivity contribution < 1.29 is 14.6 Å². The van der Waals surface area contributed by atoms with Gasteiger partial charge >= 0.3 is 0 Å². The minimum Gasteiger partial charge on any atom is -0.497 e. The topological polar surface area (TPSA) is 85.2 Å². The van der Waals surface area contributed by atoms with E-state index in [1.165, 1.54) is 0 Å². The highest BCUT2D eigenvalue weighted by atomic mass is 16.5. The van der Waals surface area contributed by atoms with Crippen molar-refractivity contribution in [3.05, 3.63) is 48.7 Å². The molecule has 1 aromatic carbocycles. The van der Waals surface area contributed by atoms with Gasteiger partial charge < -0.3 is 24.1 Å². The summed E-state index contributed by atoms with van der Waals surface area (Å²) in [6, 6.07) is 7.29. The van der Waals surface area contributed by atoms with Gasteiger partial charge in [0.2, 0.25) is 0 Å². The van der Waals surface area contributed by atoms with Crippen LogP contribution in [-0.2, 0) is 6.54 Å².